The topological polar surface area (TPSA) is 119 Å². The van der Waals surface area contributed by atoms with E-state index in [0.29, 0.717) is 6.61 Å². The molecule has 8 nitrogen and oxygen atoms in total. The number of aliphatic carboxylic acids is 1. The number of carbonyl (C=O) groups is 3. The third-order valence-electron chi connectivity index (χ3n) is 2.79. The van der Waals surface area contributed by atoms with Crippen molar-refractivity contribution >= 4 is 17.9 Å². The molecule has 0 radical (unpaired) electrons. The van der Waals surface area contributed by atoms with Crippen molar-refractivity contribution in [3.63, 3.8) is 0 Å². The molecule has 0 saturated carbocycles. The Labute approximate surface area is 152 Å². The predicted molar refractivity (Wildman–Crippen MR) is 93.1 cm³/mol. The summed E-state index contributed by atoms with van der Waals surface area (Å²) in [5, 5.41) is 16.0. The van der Waals surface area contributed by atoms with E-state index in [9.17, 15) is 9.59 Å². The van der Waals surface area contributed by atoms with Crippen molar-refractivity contribution in [1.29, 1.82) is 0 Å². The molecule has 1 aromatic rings. The Bertz CT molecular complexity index is 552. The first-order valence-electron chi connectivity index (χ1n) is 8.25. The lowest BCUT2D eigenvalue weighted by atomic mass is 10.1. The van der Waals surface area contributed by atoms with Crippen LogP contribution >= 0.6 is 0 Å². The highest BCUT2D eigenvalue weighted by Crippen LogP contribution is 2.12. The monoisotopic (exact) mass is 370 g/mol. The molecule has 2 N–H and O–H groups in total. The highest BCUT2D eigenvalue weighted by Gasteiger charge is 2.18. The predicted octanol–water partition coefficient (Wildman–Crippen LogP) is 1.90. The molecule has 0 heterocycles. The zero-order chi connectivity index (χ0) is 19.8. The van der Waals surface area contributed by atoms with Gasteiger partial charge in [0, 0.05) is 6.92 Å². The molecule has 0 aliphatic carbocycles. The van der Waals surface area contributed by atoms with Gasteiger partial charge in [0.1, 0.15) is 6.61 Å². The zero-order valence-corrected chi connectivity index (χ0v) is 15.1. The smallest absolute Gasteiger partial charge is 0.339 e. The molecule has 1 aromatic carbocycles. The number of carboxylic acids is 1. The van der Waals surface area contributed by atoms with E-state index in [-0.39, 0.29) is 37.6 Å². The number of hydrogen-bond donors (Lipinski definition) is 2. The first-order valence-corrected chi connectivity index (χ1v) is 8.25. The second-order valence-electron chi connectivity index (χ2n) is 5.03. The SMILES string of the molecule is CC(=O)O.CCCCOC(=O)c1ccccc1C(=O)OCCOCCO. The van der Waals surface area contributed by atoms with Crippen LogP contribution in [-0.4, -0.2) is 61.2 Å². The average Bonchev–Trinajstić information content (AvgIpc) is 2.61. The lowest BCUT2D eigenvalue weighted by molar-refractivity contribution is -0.134. The van der Waals surface area contributed by atoms with Gasteiger partial charge in [-0.1, -0.05) is 25.5 Å². The Kier molecular flexibility index (Phi) is 13.5. The van der Waals surface area contributed by atoms with E-state index < -0.39 is 17.9 Å². The molecule has 0 aliphatic heterocycles. The van der Waals surface area contributed by atoms with Crippen LogP contribution in [0.5, 0.6) is 0 Å². The van der Waals surface area contributed by atoms with E-state index in [0.717, 1.165) is 19.8 Å². The van der Waals surface area contributed by atoms with Crippen molar-refractivity contribution in [2.45, 2.75) is 26.7 Å². The first kappa shape index (κ1) is 23.5. The van der Waals surface area contributed by atoms with Crippen molar-refractivity contribution < 1.29 is 38.8 Å². The van der Waals surface area contributed by atoms with Gasteiger partial charge in [0.25, 0.3) is 5.97 Å². The fourth-order valence-corrected chi connectivity index (χ4v) is 1.66. The third-order valence-corrected chi connectivity index (χ3v) is 2.79. The molecule has 146 valence electrons. The van der Waals surface area contributed by atoms with E-state index in [1.165, 1.54) is 12.1 Å². The summed E-state index contributed by atoms with van der Waals surface area (Å²) in [4.78, 5) is 33.0. The van der Waals surface area contributed by atoms with Gasteiger partial charge < -0.3 is 24.4 Å². The molecule has 0 spiro atoms. The maximum atomic E-state index is 12.0. The van der Waals surface area contributed by atoms with Crippen LogP contribution in [0.25, 0.3) is 0 Å². The number of aliphatic hydroxyl groups excluding tert-OH is 1. The van der Waals surface area contributed by atoms with Gasteiger partial charge in [-0.05, 0) is 18.6 Å². The second kappa shape index (κ2) is 14.9. The van der Waals surface area contributed by atoms with Crippen LogP contribution in [0.4, 0.5) is 0 Å². The van der Waals surface area contributed by atoms with Crippen LogP contribution in [0, 0.1) is 0 Å². The number of carboxylic acid groups (broad SMARTS) is 1. The van der Waals surface area contributed by atoms with Crippen molar-refractivity contribution in [3.8, 4) is 0 Å². The molecule has 0 bridgehead atoms. The largest absolute Gasteiger partial charge is 0.481 e. The van der Waals surface area contributed by atoms with Gasteiger partial charge in [0.2, 0.25) is 0 Å². The van der Waals surface area contributed by atoms with Crippen LogP contribution in [0.1, 0.15) is 47.4 Å². The molecule has 0 amide bonds. The molecule has 0 aromatic heterocycles. The minimum Gasteiger partial charge on any atom is -0.481 e. The molecule has 0 unspecified atom stereocenters. The van der Waals surface area contributed by atoms with E-state index in [1.54, 1.807) is 12.1 Å². The summed E-state index contributed by atoms with van der Waals surface area (Å²) in [5.74, 6) is -1.96. The number of ether oxygens (including phenoxy) is 3. The summed E-state index contributed by atoms with van der Waals surface area (Å²) < 4.78 is 15.1. The summed E-state index contributed by atoms with van der Waals surface area (Å²) in [7, 11) is 0. The summed E-state index contributed by atoms with van der Waals surface area (Å²) in [6.45, 7) is 3.76. The minimum atomic E-state index is -0.833. The van der Waals surface area contributed by atoms with Crippen molar-refractivity contribution in [2.24, 2.45) is 0 Å². The summed E-state index contributed by atoms with van der Waals surface area (Å²) in [6, 6.07) is 6.37. The Balaban J connectivity index is 0.00000141. The highest BCUT2D eigenvalue weighted by molar-refractivity contribution is 6.03. The number of rotatable bonds is 10. The Morgan fingerprint density at radius 2 is 1.42 bits per heavy atom. The van der Waals surface area contributed by atoms with Crippen molar-refractivity contribution in [1.82, 2.24) is 0 Å². The summed E-state index contributed by atoms with van der Waals surface area (Å²) in [5.41, 5.74) is 0.367. The van der Waals surface area contributed by atoms with Crippen molar-refractivity contribution in [2.75, 3.05) is 33.0 Å². The Morgan fingerprint density at radius 1 is 0.923 bits per heavy atom. The molecule has 26 heavy (non-hydrogen) atoms. The fraction of sp³-hybridized carbons (Fsp3) is 0.500. The normalized spacial score (nSPS) is 9.65. The minimum absolute atomic E-state index is 0.0536. The van der Waals surface area contributed by atoms with Gasteiger partial charge in [0.05, 0.1) is 37.6 Å². The van der Waals surface area contributed by atoms with E-state index in [2.05, 4.69) is 0 Å². The van der Waals surface area contributed by atoms with E-state index in [4.69, 9.17) is 29.2 Å². The van der Waals surface area contributed by atoms with Crippen LogP contribution in [0.15, 0.2) is 24.3 Å². The zero-order valence-electron chi connectivity index (χ0n) is 15.1. The molecule has 8 heteroatoms. The fourth-order valence-electron chi connectivity index (χ4n) is 1.66. The molecular formula is C18H26O8. The number of benzene rings is 1. The van der Waals surface area contributed by atoms with Crippen LogP contribution in [0.2, 0.25) is 0 Å². The maximum Gasteiger partial charge on any atom is 0.339 e. The van der Waals surface area contributed by atoms with Gasteiger partial charge >= 0.3 is 11.9 Å². The van der Waals surface area contributed by atoms with Gasteiger partial charge in [-0.2, -0.15) is 0 Å². The quantitative estimate of drug-likeness (QED) is 0.473. The van der Waals surface area contributed by atoms with Crippen molar-refractivity contribution in [3.05, 3.63) is 35.4 Å². The number of carbonyl (C=O) groups excluding carboxylic acids is 2. The van der Waals surface area contributed by atoms with Crippen LogP contribution in [-0.2, 0) is 19.0 Å². The van der Waals surface area contributed by atoms with E-state index >= 15 is 0 Å². The number of aliphatic hydroxyl groups is 1. The maximum absolute atomic E-state index is 12.0. The lowest BCUT2D eigenvalue weighted by Gasteiger charge is -2.09. The molecule has 0 saturated heterocycles. The molecule has 1 rings (SSSR count). The van der Waals surface area contributed by atoms with Gasteiger partial charge in [-0.3, -0.25) is 4.79 Å². The number of unbranched alkanes of at least 4 members (excludes halogenated alkanes) is 1. The van der Waals surface area contributed by atoms with Crippen LogP contribution < -0.4 is 0 Å². The third kappa shape index (κ3) is 11.2. The second-order valence-corrected chi connectivity index (χ2v) is 5.03. The Morgan fingerprint density at radius 3 is 1.88 bits per heavy atom. The summed E-state index contributed by atoms with van der Waals surface area (Å²) in [6.07, 6.45) is 1.70. The van der Waals surface area contributed by atoms with Gasteiger partial charge in [0.15, 0.2) is 0 Å². The van der Waals surface area contributed by atoms with Gasteiger partial charge in [-0.25, -0.2) is 9.59 Å². The average molecular weight is 370 g/mol. The molecular weight excluding hydrogens is 344 g/mol. The van der Waals surface area contributed by atoms with Gasteiger partial charge in [-0.15, -0.1) is 0 Å². The standard InChI is InChI=1S/C16H22O6.C2H4O2/c1-2-3-9-21-15(18)13-6-4-5-7-14(13)16(19)22-12-11-20-10-8-17;1-2(3)4/h4-7,17H,2-3,8-12H2,1H3;1H3,(H,3,4). The molecule has 0 atom stereocenters. The van der Waals surface area contributed by atoms with Crippen LogP contribution in [0.3, 0.4) is 0 Å². The summed E-state index contributed by atoms with van der Waals surface area (Å²) >= 11 is 0. The number of hydrogen-bond acceptors (Lipinski definition) is 7. The lowest BCUT2D eigenvalue weighted by Crippen LogP contribution is -2.16. The Hall–Kier alpha value is -2.45. The molecule has 0 aliphatic rings. The first-order chi connectivity index (χ1) is 12.4. The highest BCUT2D eigenvalue weighted by atomic mass is 16.6. The number of esters is 2. The molecule has 0 fully saturated rings. The van der Waals surface area contributed by atoms with E-state index in [1.807, 2.05) is 6.92 Å².